The van der Waals surface area contributed by atoms with E-state index in [9.17, 15) is 0 Å². The van der Waals surface area contributed by atoms with Crippen molar-refractivity contribution in [2.75, 3.05) is 6.54 Å². The predicted octanol–water partition coefficient (Wildman–Crippen LogP) is 1.83. The molecule has 2 heterocycles. The highest BCUT2D eigenvalue weighted by Crippen LogP contribution is 2.36. The highest BCUT2D eigenvalue weighted by Gasteiger charge is 2.28. The zero-order valence-electron chi connectivity index (χ0n) is 8.07. The van der Waals surface area contributed by atoms with Crippen LogP contribution < -0.4 is 5.32 Å². The third-order valence-electron chi connectivity index (χ3n) is 3.32. The van der Waals surface area contributed by atoms with Crippen LogP contribution in [0.5, 0.6) is 0 Å². The summed E-state index contributed by atoms with van der Waals surface area (Å²) < 4.78 is 4.90. The second-order valence-electron chi connectivity index (χ2n) is 4.18. The maximum Gasteiger partial charge on any atom is 0.131 e. The maximum atomic E-state index is 4.90. The lowest BCUT2D eigenvalue weighted by Gasteiger charge is -2.35. The van der Waals surface area contributed by atoms with Crippen LogP contribution in [0.25, 0.3) is 5.57 Å². The van der Waals surface area contributed by atoms with E-state index in [0.717, 1.165) is 18.9 Å². The summed E-state index contributed by atoms with van der Waals surface area (Å²) in [6.07, 6.45) is 9.60. The Morgan fingerprint density at radius 3 is 3.36 bits per heavy atom. The lowest BCUT2D eigenvalue weighted by Crippen LogP contribution is -2.40. The second-order valence-corrected chi connectivity index (χ2v) is 4.18. The minimum Gasteiger partial charge on any atom is -0.364 e. The molecular weight excluding hydrogens is 176 g/mol. The molecule has 2 unspecified atom stereocenters. The summed E-state index contributed by atoms with van der Waals surface area (Å²) >= 11 is 0. The molecule has 1 aliphatic carbocycles. The molecule has 1 saturated heterocycles. The molecule has 1 aliphatic heterocycles. The first-order valence-corrected chi connectivity index (χ1v) is 5.26. The fourth-order valence-corrected chi connectivity index (χ4v) is 2.61. The molecule has 74 valence electrons. The molecule has 0 spiro atoms. The van der Waals surface area contributed by atoms with E-state index < -0.39 is 0 Å². The van der Waals surface area contributed by atoms with Gasteiger partial charge in [0, 0.05) is 11.6 Å². The van der Waals surface area contributed by atoms with Crippen molar-refractivity contribution in [2.45, 2.75) is 25.3 Å². The summed E-state index contributed by atoms with van der Waals surface area (Å²) in [5.74, 6) is 0.717. The Labute approximate surface area is 83.2 Å². The van der Waals surface area contributed by atoms with Gasteiger partial charge in [0.15, 0.2) is 0 Å². The lowest BCUT2D eigenvalue weighted by molar-refractivity contribution is 0.339. The van der Waals surface area contributed by atoms with Crippen LogP contribution in [0, 0.1) is 5.92 Å². The maximum absolute atomic E-state index is 4.90. The van der Waals surface area contributed by atoms with Crippen molar-refractivity contribution >= 4 is 5.57 Å². The highest BCUT2D eigenvalue weighted by atomic mass is 16.5. The number of hydrogen-bond acceptors (Lipinski definition) is 3. The van der Waals surface area contributed by atoms with Gasteiger partial charge in [0.1, 0.15) is 6.26 Å². The number of rotatable bonds is 1. The van der Waals surface area contributed by atoms with Gasteiger partial charge in [-0.25, -0.2) is 0 Å². The average Bonchev–Trinajstić information content (AvgIpc) is 2.71. The smallest absolute Gasteiger partial charge is 0.131 e. The number of hydrogen-bond donors (Lipinski definition) is 1. The van der Waals surface area contributed by atoms with Gasteiger partial charge >= 0.3 is 0 Å². The van der Waals surface area contributed by atoms with Gasteiger partial charge in [0.25, 0.3) is 0 Å². The lowest BCUT2D eigenvalue weighted by atomic mass is 9.78. The van der Waals surface area contributed by atoms with E-state index in [1.807, 2.05) is 6.20 Å². The van der Waals surface area contributed by atoms with E-state index in [0.29, 0.717) is 6.04 Å². The summed E-state index contributed by atoms with van der Waals surface area (Å²) in [4.78, 5) is 0. The van der Waals surface area contributed by atoms with E-state index >= 15 is 0 Å². The largest absolute Gasteiger partial charge is 0.364 e. The van der Waals surface area contributed by atoms with Gasteiger partial charge in [-0.05, 0) is 37.3 Å². The number of nitrogens with one attached hydrogen (secondary N) is 1. The fourth-order valence-electron chi connectivity index (χ4n) is 2.61. The molecule has 0 aromatic carbocycles. The van der Waals surface area contributed by atoms with E-state index in [4.69, 9.17) is 4.52 Å². The predicted molar refractivity (Wildman–Crippen MR) is 53.6 cm³/mol. The second kappa shape index (κ2) is 3.24. The highest BCUT2D eigenvalue weighted by molar-refractivity contribution is 5.67. The topological polar surface area (TPSA) is 38.1 Å². The van der Waals surface area contributed by atoms with E-state index in [1.165, 1.54) is 24.0 Å². The van der Waals surface area contributed by atoms with Crippen LogP contribution in [0.3, 0.4) is 0 Å². The Morgan fingerprint density at radius 1 is 1.50 bits per heavy atom. The third kappa shape index (κ3) is 1.28. The van der Waals surface area contributed by atoms with Crippen molar-refractivity contribution in [1.29, 1.82) is 0 Å². The SMILES string of the molecule is C1=C(c2cnoc2)C2CCNC(C1)C2. The molecule has 3 rings (SSSR count). The Bertz CT molecular complexity index is 342. The molecule has 0 saturated carbocycles. The van der Waals surface area contributed by atoms with E-state index in [2.05, 4.69) is 16.5 Å². The zero-order valence-corrected chi connectivity index (χ0v) is 8.07. The van der Waals surface area contributed by atoms with Gasteiger partial charge in [-0.1, -0.05) is 11.2 Å². The van der Waals surface area contributed by atoms with Crippen molar-refractivity contribution in [2.24, 2.45) is 5.92 Å². The number of piperidine rings is 1. The number of aromatic nitrogens is 1. The first-order valence-electron chi connectivity index (χ1n) is 5.26. The molecule has 2 bridgehead atoms. The van der Waals surface area contributed by atoms with Crippen molar-refractivity contribution in [3.63, 3.8) is 0 Å². The molecule has 2 atom stereocenters. The molecule has 2 aliphatic rings. The van der Waals surface area contributed by atoms with Crippen LogP contribution in [0.15, 0.2) is 23.1 Å². The minimum absolute atomic E-state index is 0.706. The van der Waals surface area contributed by atoms with Crippen LogP contribution in [-0.4, -0.2) is 17.7 Å². The molecule has 3 nitrogen and oxygen atoms in total. The van der Waals surface area contributed by atoms with Gasteiger partial charge < -0.3 is 9.84 Å². The van der Waals surface area contributed by atoms with E-state index in [-0.39, 0.29) is 0 Å². The molecule has 1 fully saturated rings. The molecule has 1 aromatic rings. The Balaban J connectivity index is 1.92. The Morgan fingerprint density at radius 2 is 2.50 bits per heavy atom. The molecule has 1 aromatic heterocycles. The van der Waals surface area contributed by atoms with Crippen LogP contribution in [0.4, 0.5) is 0 Å². The monoisotopic (exact) mass is 190 g/mol. The molecule has 3 heteroatoms. The molecule has 14 heavy (non-hydrogen) atoms. The molecule has 1 N–H and O–H groups in total. The van der Waals surface area contributed by atoms with Crippen molar-refractivity contribution in [3.8, 4) is 0 Å². The average molecular weight is 190 g/mol. The van der Waals surface area contributed by atoms with Gasteiger partial charge in [-0.3, -0.25) is 0 Å². The first kappa shape index (κ1) is 8.24. The van der Waals surface area contributed by atoms with Crippen LogP contribution in [0.2, 0.25) is 0 Å². The molecule has 0 radical (unpaired) electrons. The third-order valence-corrected chi connectivity index (χ3v) is 3.32. The quantitative estimate of drug-likeness (QED) is 0.734. The van der Waals surface area contributed by atoms with Gasteiger partial charge in [-0.2, -0.15) is 0 Å². The summed E-state index contributed by atoms with van der Waals surface area (Å²) in [5, 5.41) is 7.30. The standard InChI is InChI=1S/C11H14N2O/c1-2-11(9-6-13-14-7-9)8-3-4-12-10(1)5-8/h2,6-8,10,12H,1,3-5H2. The zero-order chi connectivity index (χ0) is 9.38. The van der Waals surface area contributed by atoms with Gasteiger partial charge in [-0.15, -0.1) is 0 Å². The minimum atomic E-state index is 0.706. The summed E-state index contributed by atoms with van der Waals surface area (Å²) in [6.45, 7) is 1.15. The van der Waals surface area contributed by atoms with Crippen molar-refractivity contribution < 1.29 is 4.52 Å². The van der Waals surface area contributed by atoms with Crippen molar-refractivity contribution in [1.82, 2.24) is 10.5 Å². The molecule has 0 amide bonds. The number of nitrogens with zero attached hydrogens (tertiary/aromatic N) is 1. The van der Waals surface area contributed by atoms with Gasteiger partial charge in [0.2, 0.25) is 0 Å². The summed E-state index contributed by atoms with van der Waals surface area (Å²) in [5.41, 5.74) is 2.62. The fraction of sp³-hybridized carbons (Fsp3) is 0.545. The number of allylic oxidation sites excluding steroid dienone is 1. The summed E-state index contributed by atoms with van der Waals surface area (Å²) in [7, 11) is 0. The first-order chi connectivity index (χ1) is 6.93. The normalized spacial score (nSPS) is 31.3. The van der Waals surface area contributed by atoms with E-state index in [1.54, 1.807) is 6.26 Å². The van der Waals surface area contributed by atoms with Crippen LogP contribution in [0.1, 0.15) is 24.8 Å². The van der Waals surface area contributed by atoms with Gasteiger partial charge in [0.05, 0.1) is 6.20 Å². The number of fused-ring (bicyclic) bond motifs is 2. The Kier molecular flexibility index (Phi) is 1.91. The molecular formula is C11H14N2O. The van der Waals surface area contributed by atoms with Crippen LogP contribution >= 0.6 is 0 Å². The van der Waals surface area contributed by atoms with Crippen LogP contribution in [-0.2, 0) is 0 Å². The Hall–Kier alpha value is -1.09. The summed E-state index contributed by atoms with van der Waals surface area (Å²) in [6, 6.07) is 0.706. The van der Waals surface area contributed by atoms with Crippen molar-refractivity contribution in [3.05, 3.63) is 24.1 Å².